The zero-order chi connectivity index (χ0) is 12.1. The van der Waals surface area contributed by atoms with Crippen molar-refractivity contribution in [1.29, 1.82) is 0 Å². The van der Waals surface area contributed by atoms with Crippen LogP contribution in [0.3, 0.4) is 0 Å². The molecule has 1 atom stereocenters. The van der Waals surface area contributed by atoms with E-state index in [9.17, 15) is 4.79 Å². The molecule has 3 nitrogen and oxygen atoms in total. The maximum absolute atomic E-state index is 10.4. The topological polar surface area (TPSA) is 49.3 Å². The first-order chi connectivity index (χ1) is 7.49. The standard InChI is InChI=1S/C12H14BrNO2/c1-8(7-9(2)14-12(15)16)10-3-5-11(13)6-4-10/h3-7,9,14H,1-2H3,(H,15,16)/b8-7-/t9-/m0/s1. The minimum absolute atomic E-state index is 0.193. The summed E-state index contributed by atoms with van der Waals surface area (Å²) in [7, 11) is 0. The van der Waals surface area contributed by atoms with Crippen molar-refractivity contribution in [3.05, 3.63) is 40.4 Å². The van der Waals surface area contributed by atoms with E-state index >= 15 is 0 Å². The third-order valence-corrected chi connectivity index (χ3v) is 2.68. The van der Waals surface area contributed by atoms with Crippen LogP contribution in [0.15, 0.2) is 34.8 Å². The van der Waals surface area contributed by atoms with Crippen LogP contribution in [-0.4, -0.2) is 17.2 Å². The lowest BCUT2D eigenvalue weighted by Crippen LogP contribution is -2.29. The van der Waals surface area contributed by atoms with Crippen molar-refractivity contribution in [2.45, 2.75) is 19.9 Å². The fraction of sp³-hybridized carbons (Fsp3) is 0.250. The summed E-state index contributed by atoms with van der Waals surface area (Å²) in [5.74, 6) is 0. The highest BCUT2D eigenvalue weighted by Gasteiger charge is 2.03. The molecule has 4 heteroatoms. The van der Waals surface area contributed by atoms with Crippen molar-refractivity contribution < 1.29 is 9.90 Å². The molecule has 1 rings (SSSR count). The Bertz CT molecular complexity index is 398. The van der Waals surface area contributed by atoms with Crippen LogP contribution in [-0.2, 0) is 0 Å². The molecule has 0 heterocycles. The van der Waals surface area contributed by atoms with Crippen molar-refractivity contribution in [3.8, 4) is 0 Å². The van der Waals surface area contributed by atoms with E-state index in [2.05, 4.69) is 21.2 Å². The normalized spacial score (nSPS) is 13.3. The van der Waals surface area contributed by atoms with E-state index in [0.29, 0.717) is 0 Å². The van der Waals surface area contributed by atoms with Crippen LogP contribution in [0.25, 0.3) is 5.57 Å². The van der Waals surface area contributed by atoms with Crippen molar-refractivity contribution in [2.75, 3.05) is 0 Å². The van der Waals surface area contributed by atoms with E-state index in [1.54, 1.807) is 6.92 Å². The van der Waals surface area contributed by atoms with Gasteiger partial charge in [-0.3, -0.25) is 0 Å². The van der Waals surface area contributed by atoms with Crippen molar-refractivity contribution in [1.82, 2.24) is 5.32 Å². The highest BCUT2D eigenvalue weighted by atomic mass is 79.9. The molecule has 0 aliphatic carbocycles. The van der Waals surface area contributed by atoms with Gasteiger partial charge in [-0.1, -0.05) is 34.1 Å². The Hall–Kier alpha value is -1.29. The molecule has 0 spiro atoms. The summed E-state index contributed by atoms with van der Waals surface area (Å²) in [6.07, 6.45) is 0.879. The SMILES string of the molecule is C/C(=C/[C@H](C)NC(=O)O)c1ccc(Br)cc1. The number of carbonyl (C=O) groups is 1. The molecule has 0 bridgehead atoms. The first-order valence-corrected chi connectivity index (χ1v) is 5.72. The van der Waals surface area contributed by atoms with Gasteiger partial charge in [0.15, 0.2) is 0 Å². The van der Waals surface area contributed by atoms with E-state index < -0.39 is 6.09 Å². The zero-order valence-corrected chi connectivity index (χ0v) is 10.8. The fourth-order valence-corrected chi connectivity index (χ4v) is 1.68. The van der Waals surface area contributed by atoms with E-state index in [1.807, 2.05) is 37.3 Å². The van der Waals surface area contributed by atoms with Gasteiger partial charge >= 0.3 is 6.09 Å². The van der Waals surface area contributed by atoms with E-state index in [4.69, 9.17) is 5.11 Å². The molecule has 0 aromatic heterocycles. The van der Waals surface area contributed by atoms with Crippen LogP contribution < -0.4 is 5.32 Å². The number of amides is 1. The molecule has 86 valence electrons. The van der Waals surface area contributed by atoms with Crippen molar-refractivity contribution in [3.63, 3.8) is 0 Å². The third kappa shape index (κ3) is 4.06. The highest BCUT2D eigenvalue weighted by molar-refractivity contribution is 9.10. The second-order valence-corrected chi connectivity index (χ2v) is 4.51. The van der Waals surface area contributed by atoms with Crippen LogP contribution in [0.2, 0.25) is 0 Å². The molecule has 1 amide bonds. The Balaban J connectivity index is 2.76. The lowest BCUT2D eigenvalue weighted by atomic mass is 10.1. The second kappa shape index (κ2) is 5.70. The minimum Gasteiger partial charge on any atom is -0.465 e. The second-order valence-electron chi connectivity index (χ2n) is 3.59. The number of halogens is 1. The summed E-state index contributed by atoms with van der Waals surface area (Å²) in [4.78, 5) is 10.4. The van der Waals surface area contributed by atoms with Crippen molar-refractivity contribution in [2.24, 2.45) is 0 Å². The molecule has 1 aromatic carbocycles. The summed E-state index contributed by atoms with van der Waals surface area (Å²) in [6.45, 7) is 3.76. The molecular formula is C12H14BrNO2. The first-order valence-electron chi connectivity index (χ1n) is 4.93. The van der Waals surface area contributed by atoms with Crippen LogP contribution in [0, 0.1) is 0 Å². The lowest BCUT2D eigenvalue weighted by molar-refractivity contribution is 0.193. The van der Waals surface area contributed by atoms with E-state index in [1.165, 1.54) is 0 Å². The summed E-state index contributed by atoms with van der Waals surface area (Å²) < 4.78 is 1.03. The number of rotatable bonds is 3. The van der Waals surface area contributed by atoms with Crippen LogP contribution >= 0.6 is 15.9 Å². The quantitative estimate of drug-likeness (QED) is 0.892. The predicted molar refractivity (Wildman–Crippen MR) is 68.4 cm³/mol. The van der Waals surface area contributed by atoms with Gasteiger partial charge in [0.05, 0.1) is 0 Å². The molecule has 0 aliphatic rings. The van der Waals surface area contributed by atoms with E-state index in [-0.39, 0.29) is 6.04 Å². The average Bonchev–Trinajstić information content (AvgIpc) is 2.16. The maximum Gasteiger partial charge on any atom is 0.405 e. The molecule has 0 saturated heterocycles. The van der Waals surface area contributed by atoms with Gasteiger partial charge in [0.1, 0.15) is 0 Å². The van der Waals surface area contributed by atoms with Gasteiger partial charge < -0.3 is 10.4 Å². The van der Waals surface area contributed by atoms with Crippen LogP contribution in [0.4, 0.5) is 4.79 Å². The van der Waals surface area contributed by atoms with Gasteiger partial charge in [0.25, 0.3) is 0 Å². The molecule has 16 heavy (non-hydrogen) atoms. The number of allylic oxidation sites excluding steroid dienone is 1. The molecule has 0 radical (unpaired) electrons. The number of hydrogen-bond donors (Lipinski definition) is 2. The highest BCUT2D eigenvalue weighted by Crippen LogP contribution is 2.17. The monoisotopic (exact) mass is 283 g/mol. The van der Waals surface area contributed by atoms with Gasteiger partial charge in [-0.25, -0.2) is 4.79 Å². The third-order valence-electron chi connectivity index (χ3n) is 2.15. The Morgan fingerprint density at radius 2 is 2.00 bits per heavy atom. The van der Waals surface area contributed by atoms with Gasteiger partial charge in [-0.15, -0.1) is 0 Å². The summed E-state index contributed by atoms with van der Waals surface area (Å²) in [6, 6.07) is 7.71. The number of nitrogens with one attached hydrogen (secondary N) is 1. The van der Waals surface area contributed by atoms with Crippen LogP contribution in [0.1, 0.15) is 19.4 Å². The largest absolute Gasteiger partial charge is 0.465 e. The maximum atomic E-state index is 10.4. The average molecular weight is 284 g/mol. The molecule has 0 unspecified atom stereocenters. The molecule has 0 saturated carbocycles. The summed E-state index contributed by atoms with van der Waals surface area (Å²) >= 11 is 3.37. The molecular weight excluding hydrogens is 270 g/mol. The lowest BCUT2D eigenvalue weighted by Gasteiger charge is -2.08. The predicted octanol–water partition coefficient (Wildman–Crippen LogP) is 3.51. The first kappa shape index (κ1) is 12.8. The Morgan fingerprint density at radius 1 is 1.44 bits per heavy atom. The Labute approximate surface area is 103 Å². The molecule has 1 aromatic rings. The van der Waals surface area contributed by atoms with Crippen LogP contribution in [0.5, 0.6) is 0 Å². The minimum atomic E-state index is -1.01. The smallest absolute Gasteiger partial charge is 0.405 e. The van der Waals surface area contributed by atoms with Gasteiger partial charge in [0, 0.05) is 10.5 Å². The summed E-state index contributed by atoms with van der Waals surface area (Å²) in [5.41, 5.74) is 2.14. The summed E-state index contributed by atoms with van der Waals surface area (Å²) in [5, 5.41) is 10.9. The molecule has 2 N–H and O–H groups in total. The van der Waals surface area contributed by atoms with Crippen molar-refractivity contribution >= 4 is 27.6 Å². The number of benzene rings is 1. The molecule has 0 aliphatic heterocycles. The van der Waals surface area contributed by atoms with Gasteiger partial charge in [0.2, 0.25) is 0 Å². The Kier molecular flexibility index (Phi) is 4.55. The number of hydrogen-bond acceptors (Lipinski definition) is 1. The zero-order valence-electron chi connectivity index (χ0n) is 9.20. The van der Waals surface area contributed by atoms with Gasteiger partial charge in [-0.05, 0) is 37.1 Å². The fourth-order valence-electron chi connectivity index (χ4n) is 1.42. The van der Waals surface area contributed by atoms with E-state index in [0.717, 1.165) is 15.6 Å². The number of carboxylic acid groups (broad SMARTS) is 1. The van der Waals surface area contributed by atoms with Gasteiger partial charge in [-0.2, -0.15) is 0 Å². The molecule has 0 fully saturated rings. The Morgan fingerprint density at radius 3 is 2.50 bits per heavy atom.